The number of nitrogens with zero attached hydrogens (tertiary/aromatic N) is 4. The average molecular weight is 310 g/mol. The number of aryl methyl sites for hydroxylation is 1. The predicted molar refractivity (Wildman–Crippen MR) is 81.1 cm³/mol. The number of carboxylic acid groups (broad SMARTS) is 1. The molecule has 3 rings (SSSR count). The number of rotatable bonds is 3. The molecule has 1 N–H and O–H groups in total. The molecule has 0 aliphatic carbocycles. The molecule has 1 amide bonds. The van der Waals surface area contributed by atoms with Crippen LogP contribution in [-0.4, -0.2) is 33.3 Å². The maximum atomic E-state index is 12.2. The first-order valence-corrected chi connectivity index (χ1v) is 7.09. The monoisotopic (exact) mass is 310 g/mol. The minimum Gasteiger partial charge on any atom is -0.481 e. The van der Waals surface area contributed by atoms with Crippen LogP contribution in [0.5, 0.6) is 0 Å². The molecular weight excluding hydrogens is 296 g/mol. The highest BCUT2D eigenvalue weighted by Crippen LogP contribution is 2.30. The van der Waals surface area contributed by atoms with Gasteiger partial charge < -0.3 is 5.11 Å². The molecule has 1 aromatic carbocycles. The first-order chi connectivity index (χ1) is 11.0. The van der Waals surface area contributed by atoms with Gasteiger partial charge in [-0.3, -0.25) is 14.5 Å². The van der Waals surface area contributed by atoms with Crippen LogP contribution in [0, 0.1) is 24.2 Å². The molecule has 1 aromatic heterocycles. The highest BCUT2D eigenvalue weighted by atomic mass is 16.4. The Hall–Kier alpha value is -3.14. The Balaban J connectivity index is 2.07. The van der Waals surface area contributed by atoms with Crippen molar-refractivity contribution >= 4 is 17.7 Å². The van der Waals surface area contributed by atoms with Crippen molar-refractivity contribution in [3.63, 3.8) is 0 Å². The fourth-order valence-electron chi connectivity index (χ4n) is 2.63. The lowest BCUT2D eigenvalue weighted by molar-refractivity contribution is -0.141. The molecule has 1 atom stereocenters. The smallest absolute Gasteiger partial charge is 0.308 e. The van der Waals surface area contributed by atoms with Crippen molar-refractivity contribution in [2.45, 2.75) is 13.3 Å². The van der Waals surface area contributed by atoms with Gasteiger partial charge >= 0.3 is 5.97 Å². The number of nitriles is 1. The summed E-state index contributed by atoms with van der Waals surface area (Å²) < 4.78 is 1.50. The predicted octanol–water partition coefficient (Wildman–Crippen LogP) is 1.49. The van der Waals surface area contributed by atoms with Crippen molar-refractivity contribution in [2.24, 2.45) is 5.92 Å². The summed E-state index contributed by atoms with van der Waals surface area (Å²) in [7, 11) is 0. The standard InChI is InChI=1S/C16H14N4O3/c1-10-2-4-13(5-3-10)20-15(12(7-17)8-18-20)19-9-11(16(22)23)6-14(19)21/h2-5,8,11H,6,9H2,1H3,(H,22,23). The second-order valence-corrected chi connectivity index (χ2v) is 5.48. The summed E-state index contributed by atoms with van der Waals surface area (Å²) in [4.78, 5) is 24.7. The number of aromatic nitrogens is 2. The van der Waals surface area contributed by atoms with Crippen molar-refractivity contribution in [3.8, 4) is 11.8 Å². The largest absolute Gasteiger partial charge is 0.481 e. The first-order valence-electron chi connectivity index (χ1n) is 7.09. The zero-order valence-corrected chi connectivity index (χ0v) is 12.4. The van der Waals surface area contributed by atoms with Gasteiger partial charge in [0.2, 0.25) is 5.91 Å². The number of anilines is 1. The molecule has 1 aliphatic rings. The van der Waals surface area contributed by atoms with Crippen LogP contribution in [0.15, 0.2) is 30.5 Å². The van der Waals surface area contributed by atoms with Crippen LogP contribution in [-0.2, 0) is 9.59 Å². The molecule has 2 heterocycles. The molecule has 1 saturated heterocycles. The van der Waals surface area contributed by atoms with E-state index in [4.69, 9.17) is 5.11 Å². The number of carboxylic acids is 1. The summed E-state index contributed by atoms with van der Waals surface area (Å²) in [6, 6.07) is 9.49. The number of amides is 1. The van der Waals surface area contributed by atoms with E-state index >= 15 is 0 Å². The van der Waals surface area contributed by atoms with E-state index in [1.807, 2.05) is 37.3 Å². The Morgan fingerprint density at radius 2 is 2.09 bits per heavy atom. The molecule has 1 unspecified atom stereocenters. The van der Waals surface area contributed by atoms with Gasteiger partial charge in [0, 0.05) is 13.0 Å². The van der Waals surface area contributed by atoms with E-state index in [-0.39, 0.29) is 24.4 Å². The van der Waals surface area contributed by atoms with Gasteiger partial charge in [0.25, 0.3) is 0 Å². The highest BCUT2D eigenvalue weighted by Gasteiger charge is 2.38. The minimum absolute atomic E-state index is 0.0421. The van der Waals surface area contributed by atoms with E-state index in [1.54, 1.807) is 0 Å². The summed E-state index contributed by atoms with van der Waals surface area (Å²) >= 11 is 0. The second-order valence-electron chi connectivity index (χ2n) is 5.48. The van der Waals surface area contributed by atoms with E-state index in [0.29, 0.717) is 11.5 Å². The summed E-state index contributed by atoms with van der Waals surface area (Å²) in [5, 5.41) is 22.6. The van der Waals surface area contributed by atoms with Crippen LogP contribution in [0.25, 0.3) is 5.69 Å². The van der Waals surface area contributed by atoms with Gasteiger partial charge in [-0.15, -0.1) is 0 Å². The minimum atomic E-state index is -1.01. The Bertz CT molecular complexity index is 817. The number of hydrogen-bond donors (Lipinski definition) is 1. The van der Waals surface area contributed by atoms with Gasteiger partial charge in [0.1, 0.15) is 11.6 Å². The van der Waals surface area contributed by atoms with Gasteiger partial charge in [-0.1, -0.05) is 17.7 Å². The third kappa shape index (κ3) is 2.55. The average Bonchev–Trinajstić information content (AvgIpc) is 3.11. The van der Waals surface area contributed by atoms with Crippen LogP contribution < -0.4 is 4.90 Å². The van der Waals surface area contributed by atoms with Crippen LogP contribution in [0.2, 0.25) is 0 Å². The van der Waals surface area contributed by atoms with Crippen LogP contribution >= 0.6 is 0 Å². The summed E-state index contributed by atoms with van der Waals surface area (Å²) in [6.07, 6.45) is 1.32. The lowest BCUT2D eigenvalue weighted by Crippen LogP contribution is -2.28. The van der Waals surface area contributed by atoms with Crippen molar-refractivity contribution < 1.29 is 14.7 Å². The van der Waals surface area contributed by atoms with Gasteiger partial charge in [-0.25, -0.2) is 4.68 Å². The molecule has 116 valence electrons. The molecular formula is C16H14N4O3. The molecule has 0 spiro atoms. The van der Waals surface area contributed by atoms with Crippen LogP contribution in [0.3, 0.4) is 0 Å². The van der Waals surface area contributed by atoms with E-state index in [0.717, 1.165) is 5.56 Å². The summed E-state index contributed by atoms with van der Waals surface area (Å²) in [5.41, 5.74) is 2.02. The SMILES string of the molecule is Cc1ccc(-n2ncc(C#N)c2N2CC(C(=O)O)CC2=O)cc1. The first kappa shape index (κ1) is 14.8. The maximum Gasteiger partial charge on any atom is 0.308 e. The second kappa shape index (κ2) is 5.57. The molecule has 1 fully saturated rings. The van der Waals surface area contributed by atoms with Crippen LogP contribution in [0.4, 0.5) is 5.82 Å². The van der Waals surface area contributed by atoms with E-state index < -0.39 is 11.9 Å². The number of aliphatic carboxylic acids is 1. The fraction of sp³-hybridized carbons (Fsp3) is 0.250. The Morgan fingerprint density at radius 1 is 1.39 bits per heavy atom. The molecule has 1 aliphatic heterocycles. The van der Waals surface area contributed by atoms with Crippen molar-refractivity contribution in [2.75, 3.05) is 11.4 Å². The van der Waals surface area contributed by atoms with E-state index in [2.05, 4.69) is 5.10 Å². The van der Waals surface area contributed by atoms with E-state index in [1.165, 1.54) is 15.8 Å². The third-order valence-electron chi connectivity index (χ3n) is 3.87. The molecule has 0 bridgehead atoms. The maximum absolute atomic E-state index is 12.2. The van der Waals surface area contributed by atoms with Gasteiger partial charge in [0.15, 0.2) is 5.82 Å². The van der Waals surface area contributed by atoms with Crippen LogP contribution in [0.1, 0.15) is 17.5 Å². The third-order valence-corrected chi connectivity index (χ3v) is 3.87. The number of carbonyl (C=O) groups excluding carboxylic acids is 1. The highest BCUT2D eigenvalue weighted by molar-refractivity contribution is 5.99. The van der Waals surface area contributed by atoms with Crippen molar-refractivity contribution in [1.29, 1.82) is 5.26 Å². The molecule has 2 aromatic rings. The van der Waals surface area contributed by atoms with Gasteiger partial charge in [0.05, 0.1) is 17.8 Å². The fourth-order valence-corrected chi connectivity index (χ4v) is 2.63. The number of hydrogen-bond acceptors (Lipinski definition) is 4. The van der Waals surface area contributed by atoms with E-state index in [9.17, 15) is 14.9 Å². The lowest BCUT2D eigenvalue weighted by atomic mass is 10.1. The molecule has 7 nitrogen and oxygen atoms in total. The molecule has 7 heteroatoms. The number of benzene rings is 1. The normalized spacial score (nSPS) is 17.3. The van der Waals surface area contributed by atoms with Crippen molar-refractivity contribution in [1.82, 2.24) is 9.78 Å². The zero-order valence-electron chi connectivity index (χ0n) is 12.4. The molecule has 0 saturated carbocycles. The Labute approximate surface area is 132 Å². The Morgan fingerprint density at radius 3 is 2.65 bits per heavy atom. The summed E-state index contributed by atoms with van der Waals surface area (Å²) in [6.45, 7) is 2.00. The number of carbonyl (C=O) groups is 2. The quantitative estimate of drug-likeness (QED) is 0.926. The zero-order chi connectivity index (χ0) is 16.6. The summed E-state index contributed by atoms with van der Waals surface area (Å²) in [5.74, 6) is -1.77. The van der Waals surface area contributed by atoms with Crippen molar-refractivity contribution in [3.05, 3.63) is 41.6 Å². The van der Waals surface area contributed by atoms with Gasteiger partial charge in [-0.2, -0.15) is 10.4 Å². The molecule has 23 heavy (non-hydrogen) atoms. The molecule has 0 radical (unpaired) electrons. The topological polar surface area (TPSA) is 99.2 Å². The van der Waals surface area contributed by atoms with Gasteiger partial charge in [-0.05, 0) is 19.1 Å². The Kier molecular flexibility index (Phi) is 3.58. The lowest BCUT2D eigenvalue weighted by Gasteiger charge is -2.18.